The van der Waals surface area contributed by atoms with Gasteiger partial charge in [-0.15, -0.1) is 0 Å². The number of nitrogens with one attached hydrogen (secondary N) is 2. The molecule has 2 aliphatic rings. The van der Waals surface area contributed by atoms with Crippen LogP contribution in [-0.2, 0) is 14.3 Å². The van der Waals surface area contributed by atoms with Crippen molar-refractivity contribution in [2.75, 3.05) is 6.61 Å². The molecule has 4 rings (SSSR count). The van der Waals surface area contributed by atoms with Gasteiger partial charge in [0.05, 0.1) is 12.1 Å². The van der Waals surface area contributed by atoms with Crippen LogP contribution in [0.4, 0.5) is 9.59 Å². The number of hydrogen-bond donors (Lipinski definition) is 3. The van der Waals surface area contributed by atoms with Crippen molar-refractivity contribution in [2.45, 2.75) is 63.6 Å². The highest BCUT2D eigenvalue weighted by atomic mass is 16.6. The number of benzene rings is 2. The van der Waals surface area contributed by atoms with Crippen LogP contribution in [0.15, 0.2) is 48.5 Å². The summed E-state index contributed by atoms with van der Waals surface area (Å²) in [6, 6.07) is 15.4. The highest BCUT2D eigenvalue weighted by Crippen LogP contribution is 2.44. The molecule has 3 amide bonds. The summed E-state index contributed by atoms with van der Waals surface area (Å²) < 4.78 is 11.0. The minimum absolute atomic E-state index is 0.0468. The van der Waals surface area contributed by atoms with Gasteiger partial charge in [-0.3, -0.25) is 4.79 Å². The number of primary amides is 1. The van der Waals surface area contributed by atoms with E-state index in [1.807, 2.05) is 24.3 Å². The number of hydrogen-bond acceptors (Lipinski definition) is 5. The quantitative estimate of drug-likeness (QED) is 0.597. The van der Waals surface area contributed by atoms with E-state index in [2.05, 4.69) is 34.9 Å². The Bertz CT molecular complexity index is 1060. The molecule has 0 heterocycles. The van der Waals surface area contributed by atoms with E-state index in [9.17, 15) is 14.4 Å². The van der Waals surface area contributed by atoms with Gasteiger partial charge in [0.2, 0.25) is 5.91 Å². The first kappa shape index (κ1) is 24.6. The smallest absolute Gasteiger partial charge is 0.407 e. The Kier molecular flexibility index (Phi) is 7.00. The lowest BCUT2D eigenvalue weighted by Crippen LogP contribution is -2.56. The summed E-state index contributed by atoms with van der Waals surface area (Å²) >= 11 is 0. The van der Waals surface area contributed by atoms with Crippen LogP contribution in [-0.4, -0.2) is 42.4 Å². The first-order valence-electron chi connectivity index (χ1n) is 12.0. The Morgan fingerprint density at radius 1 is 0.886 bits per heavy atom. The Labute approximate surface area is 205 Å². The summed E-state index contributed by atoms with van der Waals surface area (Å²) in [5.41, 5.74) is 9.42. The molecule has 2 aromatic carbocycles. The topological polar surface area (TPSA) is 120 Å². The molecule has 0 spiro atoms. The number of rotatable bonds is 5. The maximum Gasteiger partial charge on any atom is 0.407 e. The largest absolute Gasteiger partial charge is 0.449 e. The van der Waals surface area contributed by atoms with Crippen LogP contribution in [0.3, 0.4) is 0 Å². The summed E-state index contributed by atoms with van der Waals surface area (Å²) in [6.07, 6.45) is 0.162. The maximum atomic E-state index is 12.8. The molecule has 4 N–H and O–H groups in total. The van der Waals surface area contributed by atoms with Crippen molar-refractivity contribution in [1.82, 2.24) is 10.6 Å². The maximum absolute atomic E-state index is 12.8. The van der Waals surface area contributed by atoms with Crippen molar-refractivity contribution in [3.63, 3.8) is 0 Å². The third kappa shape index (κ3) is 5.75. The number of nitrogens with two attached hydrogens (primary N) is 1. The third-order valence-corrected chi connectivity index (χ3v) is 6.60. The van der Waals surface area contributed by atoms with E-state index in [0.717, 1.165) is 22.3 Å². The number of carbonyl (C=O) groups is 3. The van der Waals surface area contributed by atoms with Crippen LogP contribution in [0.5, 0.6) is 0 Å². The molecular weight excluding hydrogens is 446 g/mol. The minimum atomic E-state index is -0.669. The molecule has 0 aliphatic heterocycles. The number of alkyl carbamates (subject to hydrolysis) is 2. The van der Waals surface area contributed by atoms with Gasteiger partial charge in [-0.25, -0.2) is 9.59 Å². The first-order chi connectivity index (χ1) is 16.6. The molecule has 3 atom stereocenters. The van der Waals surface area contributed by atoms with Gasteiger partial charge < -0.3 is 25.8 Å². The standard InChI is InChI=1S/C27H33N3O5/c1-27(2,3)35-26(33)30-23-14-16(24(28)31)12-13-22(23)29-25(32)34-15-21-19-10-6-4-8-17(19)18-9-5-7-11-20(18)21/h4-11,16,21-23H,12-15H2,1-3H3,(H2,28,31)(H,29,32)(H,30,33)/t16-,22-,23+/m0/s1. The van der Waals surface area contributed by atoms with Gasteiger partial charge in [-0.05, 0) is 62.3 Å². The molecule has 0 bridgehead atoms. The van der Waals surface area contributed by atoms with E-state index >= 15 is 0 Å². The first-order valence-corrected chi connectivity index (χ1v) is 12.0. The molecule has 8 nitrogen and oxygen atoms in total. The average molecular weight is 480 g/mol. The Balaban J connectivity index is 1.40. The fourth-order valence-electron chi connectivity index (χ4n) is 5.01. The van der Waals surface area contributed by atoms with Crippen LogP contribution in [0.25, 0.3) is 11.1 Å². The van der Waals surface area contributed by atoms with Crippen LogP contribution in [0.2, 0.25) is 0 Å². The molecule has 2 aromatic rings. The van der Waals surface area contributed by atoms with Crippen molar-refractivity contribution >= 4 is 18.1 Å². The van der Waals surface area contributed by atoms with Gasteiger partial charge in [-0.2, -0.15) is 0 Å². The number of carbonyl (C=O) groups excluding carboxylic acids is 3. The third-order valence-electron chi connectivity index (χ3n) is 6.60. The molecule has 8 heteroatoms. The van der Waals surface area contributed by atoms with Gasteiger partial charge in [0.15, 0.2) is 0 Å². The molecule has 35 heavy (non-hydrogen) atoms. The van der Waals surface area contributed by atoms with Gasteiger partial charge in [0.1, 0.15) is 12.2 Å². The second kappa shape index (κ2) is 9.98. The van der Waals surface area contributed by atoms with Crippen molar-refractivity contribution in [1.29, 1.82) is 0 Å². The number of ether oxygens (including phenoxy) is 2. The van der Waals surface area contributed by atoms with E-state index in [-0.39, 0.29) is 18.4 Å². The Hall–Kier alpha value is -3.55. The van der Waals surface area contributed by atoms with Crippen molar-refractivity contribution in [3.05, 3.63) is 59.7 Å². The summed E-state index contributed by atoms with van der Waals surface area (Å²) in [7, 11) is 0. The van der Waals surface area contributed by atoms with Crippen LogP contribution in [0, 0.1) is 5.92 Å². The molecule has 0 aromatic heterocycles. The molecule has 2 aliphatic carbocycles. The lowest BCUT2D eigenvalue weighted by molar-refractivity contribution is -0.123. The zero-order valence-electron chi connectivity index (χ0n) is 20.4. The molecular formula is C27H33N3O5. The van der Waals surface area contributed by atoms with Gasteiger partial charge in [-0.1, -0.05) is 48.5 Å². The highest BCUT2D eigenvalue weighted by molar-refractivity contribution is 5.79. The monoisotopic (exact) mass is 479 g/mol. The van der Waals surface area contributed by atoms with Gasteiger partial charge in [0.25, 0.3) is 0 Å². The van der Waals surface area contributed by atoms with Crippen molar-refractivity contribution in [2.24, 2.45) is 11.7 Å². The summed E-state index contributed by atoms with van der Waals surface area (Å²) in [5.74, 6) is -0.842. The second-order valence-corrected chi connectivity index (χ2v) is 10.2. The molecule has 0 radical (unpaired) electrons. The fraction of sp³-hybridized carbons (Fsp3) is 0.444. The normalized spacial score (nSPS) is 21.4. The van der Waals surface area contributed by atoms with Gasteiger partial charge >= 0.3 is 12.2 Å². The Morgan fingerprint density at radius 3 is 2.03 bits per heavy atom. The van der Waals surface area contributed by atoms with E-state index in [1.165, 1.54) is 0 Å². The summed E-state index contributed by atoms with van der Waals surface area (Å²) in [5, 5.41) is 5.68. The van der Waals surface area contributed by atoms with Crippen molar-refractivity contribution < 1.29 is 23.9 Å². The van der Waals surface area contributed by atoms with Crippen LogP contribution in [0.1, 0.15) is 57.1 Å². The average Bonchev–Trinajstić information content (AvgIpc) is 3.11. The SMILES string of the molecule is CC(C)(C)OC(=O)N[C@@H]1C[C@@H](C(N)=O)CC[C@@H]1NC(=O)OCC1c2ccccc2-c2ccccc21. The summed E-state index contributed by atoms with van der Waals surface area (Å²) in [4.78, 5) is 36.9. The minimum Gasteiger partial charge on any atom is -0.449 e. The zero-order chi connectivity index (χ0) is 25.2. The fourth-order valence-corrected chi connectivity index (χ4v) is 5.01. The molecule has 1 fully saturated rings. The van der Waals surface area contributed by atoms with E-state index in [1.54, 1.807) is 20.8 Å². The molecule has 0 saturated heterocycles. The van der Waals surface area contributed by atoms with Gasteiger partial charge in [0, 0.05) is 11.8 Å². The van der Waals surface area contributed by atoms with E-state index < -0.39 is 35.8 Å². The van der Waals surface area contributed by atoms with Crippen LogP contribution < -0.4 is 16.4 Å². The second-order valence-electron chi connectivity index (χ2n) is 10.2. The van der Waals surface area contributed by atoms with Crippen molar-refractivity contribution in [3.8, 4) is 11.1 Å². The predicted octanol–water partition coefficient (Wildman–Crippen LogP) is 4.07. The zero-order valence-corrected chi connectivity index (χ0v) is 20.4. The number of fused-ring (bicyclic) bond motifs is 3. The Morgan fingerprint density at radius 2 is 1.46 bits per heavy atom. The molecule has 186 valence electrons. The highest BCUT2D eigenvalue weighted by Gasteiger charge is 2.36. The van der Waals surface area contributed by atoms with E-state index in [4.69, 9.17) is 15.2 Å². The van der Waals surface area contributed by atoms with E-state index in [0.29, 0.717) is 19.3 Å². The predicted molar refractivity (Wildman–Crippen MR) is 132 cm³/mol. The lowest BCUT2D eigenvalue weighted by Gasteiger charge is -2.36. The lowest BCUT2D eigenvalue weighted by atomic mass is 9.82. The molecule has 0 unspecified atom stereocenters. The summed E-state index contributed by atoms with van der Waals surface area (Å²) in [6.45, 7) is 5.50. The van der Waals surface area contributed by atoms with Crippen LogP contribution >= 0.6 is 0 Å². The number of amides is 3. The molecule has 1 saturated carbocycles.